The molecule has 0 spiro atoms. The number of rotatable bonds is 4. The number of aromatic nitrogens is 2. The lowest BCUT2D eigenvalue weighted by Crippen LogP contribution is -2.20. The van der Waals surface area contributed by atoms with Gasteiger partial charge in [-0.1, -0.05) is 29.8 Å². The highest BCUT2D eigenvalue weighted by molar-refractivity contribution is 6.32. The van der Waals surface area contributed by atoms with E-state index in [1.165, 1.54) is 25.5 Å². The second kappa shape index (κ2) is 6.19. The number of anilines is 1. The number of carbonyl (C=O) groups is 1. The van der Waals surface area contributed by atoms with Crippen molar-refractivity contribution in [3.05, 3.63) is 57.0 Å². The van der Waals surface area contributed by atoms with Crippen molar-refractivity contribution in [3.8, 4) is 0 Å². The minimum Gasteiger partial charge on any atom is -0.478 e. The van der Waals surface area contributed by atoms with Gasteiger partial charge >= 0.3 is 5.97 Å². The first-order valence-electron chi connectivity index (χ1n) is 5.84. The summed E-state index contributed by atoms with van der Waals surface area (Å²) >= 11 is 5.86. The van der Waals surface area contributed by atoms with E-state index in [0.29, 0.717) is 5.56 Å². The van der Waals surface area contributed by atoms with Crippen LogP contribution in [-0.4, -0.2) is 27.1 Å². The molecule has 1 aromatic carbocycles. The summed E-state index contributed by atoms with van der Waals surface area (Å²) in [5, 5.41) is 16.7. The molecule has 7 nitrogen and oxygen atoms in total. The van der Waals surface area contributed by atoms with Crippen molar-refractivity contribution >= 4 is 29.5 Å². The number of benzene rings is 1. The molecule has 0 unspecified atom stereocenters. The minimum atomic E-state index is -1.05. The molecule has 21 heavy (non-hydrogen) atoms. The Morgan fingerprint density at radius 3 is 2.90 bits per heavy atom. The fraction of sp³-hybridized carbons (Fsp3) is 0.0769. The Labute approximate surface area is 124 Å². The molecule has 0 aliphatic rings. The fourth-order valence-electron chi connectivity index (χ4n) is 1.56. The molecule has 2 aromatic rings. The molecule has 2 N–H and O–H groups in total. The van der Waals surface area contributed by atoms with Gasteiger partial charge in [-0.2, -0.15) is 10.2 Å². The number of hydrogen-bond donors (Lipinski definition) is 2. The van der Waals surface area contributed by atoms with Gasteiger partial charge in [0.1, 0.15) is 10.7 Å². The summed E-state index contributed by atoms with van der Waals surface area (Å²) < 4.78 is 1.09. The van der Waals surface area contributed by atoms with Gasteiger partial charge in [-0.05, 0) is 6.07 Å². The minimum absolute atomic E-state index is 0.0452. The number of nitrogens with zero attached hydrogens (tertiary/aromatic N) is 3. The second-order valence-corrected chi connectivity index (χ2v) is 4.44. The number of carboxylic acids is 1. The third-order valence-corrected chi connectivity index (χ3v) is 3.02. The van der Waals surface area contributed by atoms with E-state index in [-0.39, 0.29) is 16.3 Å². The number of halogens is 1. The van der Waals surface area contributed by atoms with Crippen LogP contribution < -0.4 is 11.0 Å². The van der Waals surface area contributed by atoms with Gasteiger partial charge in [0.15, 0.2) is 0 Å². The second-order valence-electron chi connectivity index (χ2n) is 4.06. The van der Waals surface area contributed by atoms with Crippen molar-refractivity contribution in [2.75, 3.05) is 5.43 Å². The third kappa shape index (κ3) is 3.26. The summed E-state index contributed by atoms with van der Waals surface area (Å²) in [5.74, 6) is -1.05. The maximum Gasteiger partial charge on any atom is 0.336 e. The van der Waals surface area contributed by atoms with Gasteiger partial charge in [-0.15, -0.1) is 0 Å². The zero-order valence-electron chi connectivity index (χ0n) is 10.9. The topological polar surface area (TPSA) is 96.6 Å². The van der Waals surface area contributed by atoms with Crippen LogP contribution in [0.2, 0.25) is 5.02 Å². The molecular weight excluding hydrogens is 296 g/mol. The first-order chi connectivity index (χ1) is 10.0. The number of nitrogens with one attached hydrogen (secondary N) is 1. The van der Waals surface area contributed by atoms with Crippen molar-refractivity contribution < 1.29 is 9.90 Å². The van der Waals surface area contributed by atoms with E-state index in [0.717, 1.165) is 4.68 Å². The summed E-state index contributed by atoms with van der Waals surface area (Å²) in [5.41, 5.74) is 2.89. The summed E-state index contributed by atoms with van der Waals surface area (Å²) in [6, 6.07) is 6.39. The van der Waals surface area contributed by atoms with Crippen LogP contribution in [0.3, 0.4) is 0 Å². The van der Waals surface area contributed by atoms with E-state index in [4.69, 9.17) is 16.7 Å². The Hall–Kier alpha value is -2.67. The van der Waals surface area contributed by atoms with Crippen LogP contribution in [0, 0.1) is 0 Å². The van der Waals surface area contributed by atoms with E-state index in [2.05, 4.69) is 15.6 Å². The Bertz CT molecular complexity index is 770. The average molecular weight is 307 g/mol. The molecule has 0 aliphatic heterocycles. The zero-order valence-corrected chi connectivity index (χ0v) is 11.7. The highest BCUT2D eigenvalue weighted by Crippen LogP contribution is 2.14. The number of aromatic carboxylic acids is 1. The predicted octanol–water partition coefficient (Wildman–Crippen LogP) is 1.58. The molecule has 1 aromatic heterocycles. The number of hydrazone groups is 1. The molecule has 8 heteroatoms. The summed E-state index contributed by atoms with van der Waals surface area (Å²) in [6.07, 6.45) is 2.68. The number of aryl methyl sites for hydroxylation is 1. The Morgan fingerprint density at radius 1 is 1.48 bits per heavy atom. The Morgan fingerprint density at radius 2 is 2.19 bits per heavy atom. The number of carboxylic acid groups (broad SMARTS) is 1. The van der Waals surface area contributed by atoms with Crippen LogP contribution in [0.4, 0.5) is 5.69 Å². The van der Waals surface area contributed by atoms with Crippen LogP contribution in [0.1, 0.15) is 15.9 Å². The summed E-state index contributed by atoms with van der Waals surface area (Å²) in [4.78, 5) is 22.6. The highest BCUT2D eigenvalue weighted by atomic mass is 35.5. The van der Waals surface area contributed by atoms with E-state index in [9.17, 15) is 9.59 Å². The van der Waals surface area contributed by atoms with Crippen LogP contribution in [0.25, 0.3) is 0 Å². The molecule has 0 atom stereocenters. The van der Waals surface area contributed by atoms with Gasteiger partial charge in [-0.3, -0.25) is 10.2 Å². The van der Waals surface area contributed by atoms with Gasteiger partial charge < -0.3 is 5.11 Å². The van der Waals surface area contributed by atoms with Crippen molar-refractivity contribution in [2.45, 2.75) is 0 Å². The van der Waals surface area contributed by atoms with Gasteiger partial charge in [0.05, 0.1) is 18.0 Å². The molecule has 108 valence electrons. The van der Waals surface area contributed by atoms with E-state index < -0.39 is 11.5 Å². The molecule has 0 aliphatic carbocycles. The molecular formula is C13H11ClN4O3. The van der Waals surface area contributed by atoms with Gasteiger partial charge in [0.2, 0.25) is 0 Å². The van der Waals surface area contributed by atoms with Crippen molar-refractivity contribution in [1.29, 1.82) is 0 Å². The quantitative estimate of drug-likeness (QED) is 0.660. The van der Waals surface area contributed by atoms with Crippen molar-refractivity contribution in [1.82, 2.24) is 9.78 Å². The molecule has 0 fully saturated rings. The normalized spacial score (nSPS) is 10.8. The van der Waals surface area contributed by atoms with Gasteiger partial charge in [0.25, 0.3) is 5.56 Å². The van der Waals surface area contributed by atoms with Crippen LogP contribution >= 0.6 is 11.6 Å². The van der Waals surface area contributed by atoms with E-state index in [1.807, 2.05) is 0 Å². The highest BCUT2D eigenvalue weighted by Gasteiger charge is 2.08. The lowest BCUT2D eigenvalue weighted by Gasteiger charge is -2.04. The van der Waals surface area contributed by atoms with E-state index in [1.54, 1.807) is 18.2 Å². The molecule has 0 amide bonds. The number of hydrogen-bond acceptors (Lipinski definition) is 5. The fourth-order valence-corrected chi connectivity index (χ4v) is 1.78. The molecule has 0 bridgehead atoms. The van der Waals surface area contributed by atoms with Gasteiger partial charge in [0, 0.05) is 12.6 Å². The SMILES string of the molecule is Cn1ncc(N/N=C\c2ccccc2C(=O)O)c(Cl)c1=O. The van der Waals surface area contributed by atoms with Crippen LogP contribution in [-0.2, 0) is 7.05 Å². The lowest BCUT2D eigenvalue weighted by molar-refractivity contribution is 0.0697. The average Bonchev–Trinajstić information content (AvgIpc) is 2.47. The van der Waals surface area contributed by atoms with Crippen molar-refractivity contribution in [3.63, 3.8) is 0 Å². The standard InChI is InChI=1S/C13H11ClN4O3/c1-18-12(19)11(14)10(7-16-18)17-15-6-8-4-2-3-5-9(8)13(20)21/h2-7,17H,1H3,(H,20,21)/b15-6-. The predicted molar refractivity (Wildman–Crippen MR) is 79.1 cm³/mol. The summed E-state index contributed by atoms with van der Waals surface area (Å²) in [7, 11) is 1.48. The van der Waals surface area contributed by atoms with Crippen molar-refractivity contribution in [2.24, 2.45) is 12.1 Å². The first kappa shape index (κ1) is 14.7. The Balaban J connectivity index is 2.23. The molecule has 1 heterocycles. The molecule has 2 rings (SSSR count). The third-order valence-electron chi connectivity index (χ3n) is 2.66. The molecule has 0 saturated heterocycles. The smallest absolute Gasteiger partial charge is 0.336 e. The van der Waals surface area contributed by atoms with Gasteiger partial charge in [-0.25, -0.2) is 9.48 Å². The van der Waals surface area contributed by atoms with Crippen LogP contribution in [0.5, 0.6) is 0 Å². The lowest BCUT2D eigenvalue weighted by atomic mass is 10.1. The van der Waals surface area contributed by atoms with E-state index >= 15 is 0 Å². The maximum atomic E-state index is 11.6. The molecule has 0 radical (unpaired) electrons. The first-order valence-corrected chi connectivity index (χ1v) is 6.21. The largest absolute Gasteiger partial charge is 0.478 e. The Kier molecular flexibility index (Phi) is 4.34. The van der Waals surface area contributed by atoms with Crippen LogP contribution in [0.15, 0.2) is 40.4 Å². The maximum absolute atomic E-state index is 11.6. The monoisotopic (exact) mass is 306 g/mol. The summed E-state index contributed by atoms with van der Waals surface area (Å²) in [6.45, 7) is 0. The zero-order chi connectivity index (χ0) is 15.4. The molecule has 0 saturated carbocycles.